The van der Waals surface area contributed by atoms with Gasteiger partial charge in [-0.05, 0) is 12.8 Å². The highest BCUT2D eigenvalue weighted by Crippen LogP contribution is 2.13. The van der Waals surface area contributed by atoms with E-state index >= 15 is 0 Å². The van der Waals surface area contributed by atoms with Crippen LogP contribution >= 0.6 is 0 Å². The monoisotopic (exact) mass is 154 g/mol. The molecule has 1 atom stereocenters. The smallest absolute Gasteiger partial charge is 0.107 e. The van der Waals surface area contributed by atoms with E-state index in [1.165, 1.54) is 12.8 Å². The molecule has 0 bridgehead atoms. The van der Waals surface area contributed by atoms with E-state index in [2.05, 4.69) is 19.8 Å². The van der Waals surface area contributed by atoms with Gasteiger partial charge in [-0.25, -0.2) is 0 Å². The van der Waals surface area contributed by atoms with Gasteiger partial charge in [-0.1, -0.05) is 39.0 Å². The standard InChI is InChI=1S/C10H18O/c1-3-5-7-10(6-4-2)8-9-11/h10-11H,3-7H2,1-2H3. The second kappa shape index (κ2) is 7.47. The summed E-state index contributed by atoms with van der Waals surface area (Å²) in [5.41, 5.74) is 0. The van der Waals surface area contributed by atoms with Gasteiger partial charge in [0.05, 0.1) is 0 Å². The third-order valence-electron chi connectivity index (χ3n) is 1.81. The molecule has 0 aliphatic carbocycles. The summed E-state index contributed by atoms with van der Waals surface area (Å²) in [7, 11) is 0. The van der Waals surface area contributed by atoms with Crippen LogP contribution in [0.2, 0.25) is 0 Å². The maximum atomic E-state index is 8.40. The second-order valence-corrected chi connectivity index (χ2v) is 2.88. The fourth-order valence-corrected chi connectivity index (χ4v) is 1.18. The van der Waals surface area contributed by atoms with Crippen LogP contribution in [0.15, 0.2) is 0 Å². The van der Waals surface area contributed by atoms with Gasteiger partial charge < -0.3 is 5.11 Å². The lowest BCUT2D eigenvalue weighted by Gasteiger charge is -2.06. The molecule has 0 aromatic heterocycles. The van der Waals surface area contributed by atoms with Crippen LogP contribution in [0.4, 0.5) is 0 Å². The molecule has 1 heteroatoms. The van der Waals surface area contributed by atoms with E-state index in [0.29, 0.717) is 5.92 Å². The van der Waals surface area contributed by atoms with Crippen molar-refractivity contribution in [1.82, 2.24) is 0 Å². The molecule has 0 radical (unpaired) electrons. The highest BCUT2D eigenvalue weighted by molar-refractivity contribution is 4.96. The van der Waals surface area contributed by atoms with Gasteiger partial charge >= 0.3 is 0 Å². The van der Waals surface area contributed by atoms with Crippen LogP contribution in [0.1, 0.15) is 46.0 Å². The van der Waals surface area contributed by atoms with Gasteiger partial charge in [-0.2, -0.15) is 0 Å². The maximum absolute atomic E-state index is 8.40. The van der Waals surface area contributed by atoms with Gasteiger partial charge in [0.15, 0.2) is 0 Å². The molecule has 64 valence electrons. The first-order valence-corrected chi connectivity index (χ1v) is 4.49. The van der Waals surface area contributed by atoms with Gasteiger partial charge in [0.2, 0.25) is 0 Å². The average molecular weight is 154 g/mol. The first-order valence-electron chi connectivity index (χ1n) is 4.49. The minimum absolute atomic E-state index is 0.421. The van der Waals surface area contributed by atoms with Crippen LogP contribution in [0, 0.1) is 17.9 Å². The molecular formula is C10H18O. The van der Waals surface area contributed by atoms with E-state index in [1.807, 2.05) is 6.11 Å². The molecule has 0 aromatic carbocycles. The Morgan fingerprint density at radius 3 is 2.36 bits per heavy atom. The lowest BCUT2D eigenvalue weighted by Crippen LogP contribution is -1.96. The van der Waals surface area contributed by atoms with Crippen LogP contribution in [0.5, 0.6) is 0 Å². The largest absolute Gasteiger partial charge is 0.462 e. The van der Waals surface area contributed by atoms with Crippen LogP contribution < -0.4 is 0 Å². The topological polar surface area (TPSA) is 20.2 Å². The molecule has 0 amide bonds. The van der Waals surface area contributed by atoms with E-state index in [9.17, 15) is 0 Å². The molecule has 0 saturated carbocycles. The predicted molar refractivity (Wildman–Crippen MR) is 47.6 cm³/mol. The van der Waals surface area contributed by atoms with Gasteiger partial charge in [0, 0.05) is 5.92 Å². The van der Waals surface area contributed by atoms with E-state index in [0.717, 1.165) is 19.3 Å². The number of aliphatic hydroxyl groups excluding tert-OH is 1. The lowest BCUT2D eigenvalue weighted by molar-refractivity contribution is 0.495. The summed E-state index contributed by atoms with van der Waals surface area (Å²) in [5.74, 6) is 3.25. The molecule has 0 saturated heterocycles. The third-order valence-corrected chi connectivity index (χ3v) is 1.81. The van der Waals surface area contributed by atoms with Crippen LogP contribution in [-0.4, -0.2) is 5.11 Å². The number of hydrogen-bond acceptors (Lipinski definition) is 1. The Kier molecular flexibility index (Phi) is 7.03. The van der Waals surface area contributed by atoms with E-state index in [-0.39, 0.29) is 0 Å². The highest BCUT2D eigenvalue weighted by Gasteiger charge is 2.02. The molecular weight excluding hydrogens is 136 g/mol. The van der Waals surface area contributed by atoms with Gasteiger partial charge in [-0.15, -0.1) is 0 Å². The maximum Gasteiger partial charge on any atom is 0.107 e. The van der Waals surface area contributed by atoms with Crippen molar-refractivity contribution < 1.29 is 5.11 Å². The van der Waals surface area contributed by atoms with Gasteiger partial charge in [-0.3, -0.25) is 0 Å². The SMILES string of the molecule is CCCCC(C#CO)CCC. The zero-order valence-corrected chi connectivity index (χ0v) is 7.56. The zero-order valence-electron chi connectivity index (χ0n) is 7.56. The Bertz CT molecular complexity index is 130. The Hall–Kier alpha value is -0.640. The van der Waals surface area contributed by atoms with E-state index in [1.54, 1.807) is 0 Å². The fraction of sp³-hybridized carbons (Fsp3) is 0.800. The van der Waals surface area contributed by atoms with Crippen molar-refractivity contribution in [3.8, 4) is 12.0 Å². The third kappa shape index (κ3) is 5.79. The number of rotatable bonds is 5. The molecule has 1 nitrogen and oxygen atoms in total. The van der Waals surface area contributed by atoms with Crippen molar-refractivity contribution >= 4 is 0 Å². The summed E-state index contributed by atoms with van der Waals surface area (Å²) in [6.45, 7) is 4.33. The molecule has 0 aromatic rings. The normalized spacial score (nSPS) is 11.8. The van der Waals surface area contributed by atoms with Crippen molar-refractivity contribution in [2.24, 2.45) is 5.92 Å². The summed E-state index contributed by atoms with van der Waals surface area (Å²) in [6, 6.07) is 0. The molecule has 0 fully saturated rings. The van der Waals surface area contributed by atoms with Crippen LogP contribution in [0.25, 0.3) is 0 Å². The predicted octanol–water partition coefficient (Wildman–Crippen LogP) is 2.93. The lowest BCUT2D eigenvalue weighted by atomic mass is 9.98. The Morgan fingerprint density at radius 2 is 1.91 bits per heavy atom. The summed E-state index contributed by atoms with van der Waals surface area (Å²) >= 11 is 0. The minimum atomic E-state index is 0.421. The molecule has 0 heterocycles. The summed E-state index contributed by atoms with van der Waals surface area (Å²) < 4.78 is 0. The van der Waals surface area contributed by atoms with Gasteiger partial charge in [0.1, 0.15) is 6.11 Å². The molecule has 1 N–H and O–H groups in total. The van der Waals surface area contributed by atoms with Crippen molar-refractivity contribution in [2.75, 3.05) is 0 Å². The summed E-state index contributed by atoms with van der Waals surface area (Å²) in [6.07, 6.45) is 7.86. The molecule has 0 aliphatic heterocycles. The number of unbranched alkanes of at least 4 members (excludes halogenated alkanes) is 1. The molecule has 0 spiro atoms. The first-order chi connectivity index (χ1) is 5.35. The Balaban J connectivity index is 3.57. The number of aliphatic hydroxyl groups is 1. The minimum Gasteiger partial charge on any atom is -0.462 e. The van der Waals surface area contributed by atoms with Crippen LogP contribution in [0.3, 0.4) is 0 Å². The van der Waals surface area contributed by atoms with Crippen molar-refractivity contribution in [3.63, 3.8) is 0 Å². The first kappa shape index (κ1) is 10.4. The van der Waals surface area contributed by atoms with E-state index in [4.69, 9.17) is 5.11 Å². The molecule has 1 unspecified atom stereocenters. The Morgan fingerprint density at radius 1 is 1.18 bits per heavy atom. The molecule has 11 heavy (non-hydrogen) atoms. The van der Waals surface area contributed by atoms with Crippen molar-refractivity contribution in [2.45, 2.75) is 46.0 Å². The van der Waals surface area contributed by atoms with Crippen LogP contribution in [-0.2, 0) is 0 Å². The summed E-state index contributed by atoms with van der Waals surface area (Å²) in [5, 5.41) is 8.40. The molecule has 0 aliphatic rings. The van der Waals surface area contributed by atoms with Crippen molar-refractivity contribution in [1.29, 1.82) is 0 Å². The molecule has 0 rings (SSSR count). The highest BCUT2D eigenvalue weighted by atomic mass is 16.2. The van der Waals surface area contributed by atoms with Gasteiger partial charge in [0.25, 0.3) is 0 Å². The average Bonchev–Trinajstić information content (AvgIpc) is 2.01. The second-order valence-electron chi connectivity index (χ2n) is 2.88. The Labute approximate surface area is 69.8 Å². The summed E-state index contributed by atoms with van der Waals surface area (Å²) in [4.78, 5) is 0. The van der Waals surface area contributed by atoms with Crippen molar-refractivity contribution in [3.05, 3.63) is 0 Å². The van der Waals surface area contributed by atoms with E-state index < -0.39 is 0 Å². The zero-order chi connectivity index (χ0) is 8.53. The fourth-order valence-electron chi connectivity index (χ4n) is 1.18. The number of hydrogen-bond donors (Lipinski definition) is 1. The quantitative estimate of drug-likeness (QED) is 0.604.